The maximum atomic E-state index is 12.5. The molecule has 0 radical (unpaired) electrons. The standard InChI is InChI=1S/C21H24BrNO/c1-13-11-16(9-10-19(13)22)23-20(24)18-12-17(18)14-5-7-15(8-6-14)21(2,3)4/h5-11,17-18H,12H2,1-4H3,(H,23,24)/t17-,18+/m0/s1. The first kappa shape index (κ1) is 17.2. The predicted octanol–water partition coefficient (Wildman–Crippen LogP) is 5.80. The molecule has 0 aromatic heterocycles. The first-order chi connectivity index (χ1) is 11.3. The zero-order valence-electron chi connectivity index (χ0n) is 14.7. The van der Waals surface area contributed by atoms with Crippen LogP contribution in [0.3, 0.4) is 0 Å². The molecule has 0 aliphatic heterocycles. The number of benzene rings is 2. The maximum absolute atomic E-state index is 12.5. The molecule has 1 N–H and O–H groups in total. The molecule has 2 aromatic rings. The highest BCUT2D eigenvalue weighted by Crippen LogP contribution is 2.48. The van der Waals surface area contributed by atoms with Crippen molar-refractivity contribution in [1.82, 2.24) is 0 Å². The van der Waals surface area contributed by atoms with Crippen LogP contribution in [0.25, 0.3) is 0 Å². The quantitative estimate of drug-likeness (QED) is 0.710. The van der Waals surface area contributed by atoms with Gasteiger partial charge in [0.1, 0.15) is 0 Å². The Labute approximate surface area is 152 Å². The summed E-state index contributed by atoms with van der Waals surface area (Å²) in [6, 6.07) is 14.7. The number of aryl methyl sites for hydroxylation is 1. The van der Waals surface area contributed by atoms with Gasteiger partial charge in [-0.15, -0.1) is 0 Å². The summed E-state index contributed by atoms with van der Waals surface area (Å²) in [6.45, 7) is 8.68. The van der Waals surface area contributed by atoms with Gasteiger partial charge in [-0.05, 0) is 59.6 Å². The van der Waals surface area contributed by atoms with E-state index in [1.54, 1.807) is 0 Å². The van der Waals surface area contributed by atoms with Crippen LogP contribution >= 0.6 is 15.9 Å². The predicted molar refractivity (Wildman–Crippen MR) is 103 cm³/mol. The van der Waals surface area contributed by atoms with E-state index < -0.39 is 0 Å². The minimum absolute atomic E-state index is 0.0921. The molecule has 1 saturated carbocycles. The van der Waals surface area contributed by atoms with Crippen molar-refractivity contribution in [2.75, 3.05) is 5.32 Å². The van der Waals surface area contributed by atoms with Crippen molar-refractivity contribution < 1.29 is 4.79 Å². The fraction of sp³-hybridized carbons (Fsp3) is 0.381. The Morgan fingerprint density at radius 2 is 1.79 bits per heavy atom. The summed E-state index contributed by atoms with van der Waals surface area (Å²) in [6.07, 6.45) is 0.941. The molecule has 1 fully saturated rings. The van der Waals surface area contributed by atoms with Gasteiger partial charge in [0.05, 0.1) is 0 Å². The minimum Gasteiger partial charge on any atom is -0.326 e. The highest BCUT2D eigenvalue weighted by molar-refractivity contribution is 9.10. The number of carbonyl (C=O) groups excluding carboxylic acids is 1. The summed E-state index contributed by atoms with van der Waals surface area (Å²) in [5.41, 5.74) is 4.76. The summed E-state index contributed by atoms with van der Waals surface area (Å²) in [5, 5.41) is 3.05. The van der Waals surface area contributed by atoms with Crippen molar-refractivity contribution in [2.24, 2.45) is 5.92 Å². The molecule has 0 spiro atoms. The number of rotatable bonds is 3. The molecule has 0 bridgehead atoms. The van der Waals surface area contributed by atoms with E-state index in [0.29, 0.717) is 5.92 Å². The first-order valence-electron chi connectivity index (χ1n) is 8.43. The van der Waals surface area contributed by atoms with E-state index in [-0.39, 0.29) is 17.2 Å². The van der Waals surface area contributed by atoms with Gasteiger partial charge in [0, 0.05) is 16.1 Å². The van der Waals surface area contributed by atoms with Gasteiger partial charge in [0.25, 0.3) is 0 Å². The van der Waals surface area contributed by atoms with Crippen LogP contribution in [0.5, 0.6) is 0 Å². The molecule has 2 aromatic carbocycles. The molecule has 3 rings (SSSR count). The fourth-order valence-corrected chi connectivity index (χ4v) is 3.29. The number of halogens is 1. The Morgan fingerprint density at radius 1 is 1.12 bits per heavy atom. The van der Waals surface area contributed by atoms with Crippen LogP contribution in [-0.2, 0) is 10.2 Å². The third-order valence-corrected chi connectivity index (χ3v) is 5.65. The van der Waals surface area contributed by atoms with Gasteiger partial charge in [0.2, 0.25) is 5.91 Å². The van der Waals surface area contributed by atoms with E-state index >= 15 is 0 Å². The third-order valence-electron chi connectivity index (χ3n) is 4.76. The van der Waals surface area contributed by atoms with Crippen molar-refractivity contribution in [1.29, 1.82) is 0 Å². The molecule has 2 atom stereocenters. The monoisotopic (exact) mass is 385 g/mol. The lowest BCUT2D eigenvalue weighted by Gasteiger charge is -2.19. The normalized spacial score (nSPS) is 19.9. The number of hydrogen-bond acceptors (Lipinski definition) is 1. The molecule has 0 saturated heterocycles. The minimum atomic E-state index is 0.0921. The molecular formula is C21H24BrNO. The van der Waals surface area contributed by atoms with Gasteiger partial charge in [-0.25, -0.2) is 0 Å². The van der Waals surface area contributed by atoms with E-state index in [4.69, 9.17) is 0 Å². The van der Waals surface area contributed by atoms with E-state index in [0.717, 1.165) is 22.1 Å². The Hall–Kier alpha value is -1.61. The molecular weight excluding hydrogens is 362 g/mol. The lowest BCUT2D eigenvalue weighted by molar-refractivity contribution is -0.117. The number of amides is 1. The number of anilines is 1. The highest BCUT2D eigenvalue weighted by Gasteiger charge is 2.43. The van der Waals surface area contributed by atoms with Crippen LogP contribution in [0.4, 0.5) is 5.69 Å². The van der Waals surface area contributed by atoms with Crippen LogP contribution in [0, 0.1) is 12.8 Å². The van der Waals surface area contributed by atoms with Crippen LogP contribution in [0.15, 0.2) is 46.9 Å². The maximum Gasteiger partial charge on any atom is 0.228 e. The summed E-state index contributed by atoms with van der Waals surface area (Å²) < 4.78 is 1.06. The summed E-state index contributed by atoms with van der Waals surface area (Å²) in [5.74, 6) is 0.576. The topological polar surface area (TPSA) is 29.1 Å². The van der Waals surface area contributed by atoms with Crippen LogP contribution in [-0.4, -0.2) is 5.91 Å². The Bertz CT molecular complexity index is 758. The van der Waals surface area contributed by atoms with Crippen molar-refractivity contribution >= 4 is 27.5 Å². The van der Waals surface area contributed by atoms with Gasteiger partial charge < -0.3 is 5.32 Å². The van der Waals surface area contributed by atoms with Gasteiger partial charge in [-0.2, -0.15) is 0 Å². The average molecular weight is 386 g/mol. The van der Waals surface area contributed by atoms with Crippen molar-refractivity contribution in [3.05, 3.63) is 63.6 Å². The van der Waals surface area contributed by atoms with Gasteiger partial charge in [-0.1, -0.05) is 61.0 Å². The zero-order valence-corrected chi connectivity index (χ0v) is 16.3. The van der Waals surface area contributed by atoms with Crippen molar-refractivity contribution in [2.45, 2.75) is 45.4 Å². The Balaban J connectivity index is 1.64. The van der Waals surface area contributed by atoms with Crippen LogP contribution in [0.2, 0.25) is 0 Å². The largest absolute Gasteiger partial charge is 0.326 e. The second-order valence-electron chi connectivity index (χ2n) is 7.77. The smallest absolute Gasteiger partial charge is 0.228 e. The zero-order chi connectivity index (χ0) is 17.5. The van der Waals surface area contributed by atoms with Crippen LogP contribution in [0.1, 0.15) is 49.8 Å². The van der Waals surface area contributed by atoms with Gasteiger partial charge >= 0.3 is 0 Å². The molecule has 3 heteroatoms. The Kier molecular flexibility index (Phi) is 4.56. The van der Waals surface area contributed by atoms with Crippen molar-refractivity contribution in [3.8, 4) is 0 Å². The summed E-state index contributed by atoms with van der Waals surface area (Å²) in [4.78, 5) is 12.5. The molecule has 24 heavy (non-hydrogen) atoms. The second kappa shape index (κ2) is 6.36. The number of hydrogen-bond donors (Lipinski definition) is 1. The van der Waals surface area contributed by atoms with E-state index in [1.807, 2.05) is 25.1 Å². The molecule has 1 aliphatic carbocycles. The average Bonchev–Trinajstić information content (AvgIpc) is 3.31. The second-order valence-corrected chi connectivity index (χ2v) is 8.63. The van der Waals surface area contributed by atoms with Crippen LogP contribution < -0.4 is 5.32 Å². The first-order valence-corrected chi connectivity index (χ1v) is 9.22. The van der Waals surface area contributed by atoms with E-state index in [9.17, 15) is 4.79 Å². The molecule has 1 aliphatic rings. The third kappa shape index (κ3) is 3.72. The number of carbonyl (C=O) groups is 1. The summed E-state index contributed by atoms with van der Waals surface area (Å²) >= 11 is 3.48. The summed E-state index contributed by atoms with van der Waals surface area (Å²) in [7, 11) is 0. The fourth-order valence-electron chi connectivity index (χ4n) is 3.04. The molecule has 2 nitrogen and oxygen atoms in total. The Morgan fingerprint density at radius 3 is 2.38 bits per heavy atom. The lowest BCUT2D eigenvalue weighted by Crippen LogP contribution is -2.14. The molecule has 0 heterocycles. The van der Waals surface area contributed by atoms with E-state index in [1.165, 1.54) is 11.1 Å². The van der Waals surface area contributed by atoms with Crippen molar-refractivity contribution in [3.63, 3.8) is 0 Å². The highest BCUT2D eigenvalue weighted by atomic mass is 79.9. The molecule has 126 valence electrons. The lowest BCUT2D eigenvalue weighted by atomic mass is 9.86. The number of nitrogens with one attached hydrogen (secondary N) is 1. The van der Waals surface area contributed by atoms with E-state index in [2.05, 4.69) is 66.3 Å². The SMILES string of the molecule is Cc1cc(NC(=O)[C@@H]2C[C@H]2c2ccc(C(C)(C)C)cc2)ccc1Br. The van der Waals surface area contributed by atoms with Gasteiger partial charge in [0.15, 0.2) is 0 Å². The van der Waals surface area contributed by atoms with Gasteiger partial charge in [-0.3, -0.25) is 4.79 Å². The molecule has 0 unspecified atom stereocenters. The molecule has 1 amide bonds.